The van der Waals surface area contributed by atoms with Gasteiger partial charge >= 0.3 is 24.3 Å². The van der Waals surface area contributed by atoms with E-state index >= 15 is 0 Å². The number of aromatic nitrogens is 1. The highest BCUT2D eigenvalue weighted by Crippen LogP contribution is 2.37. The molecule has 3 heterocycles. The van der Waals surface area contributed by atoms with Crippen molar-refractivity contribution in [3.05, 3.63) is 16.1 Å². The molecule has 2 aliphatic heterocycles. The van der Waals surface area contributed by atoms with Gasteiger partial charge in [-0.2, -0.15) is 26.3 Å². The average Bonchev–Trinajstić information content (AvgIpc) is 3.33. The van der Waals surface area contributed by atoms with Gasteiger partial charge in [0.25, 0.3) is 0 Å². The first-order valence-electron chi connectivity index (χ1n) is 11.1. The number of methoxy groups -OCH3 is 1. The summed E-state index contributed by atoms with van der Waals surface area (Å²) in [7, 11) is 1.90. The van der Waals surface area contributed by atoms with Crippen molar-refractivity contribution in [3.63, 3.8) is 0 Å². The number of carboxylic acids is 2. The lowest BCUT2D eigenvalue weighted by Crippen LogP contribution is -2.50. The number of rotatable bonds is 5. The molecule has 0 aromatic carbocycles. The molecule has 0 bridgehead atoms. The summed E-state index contributed by atoms with van der Waals surface area (Å²) in [6.07, 6.45) is -5.65. The molecule has 1 aromatic heterocycles. The zero-order valence-corrected chi connectivity index (χ0v) is 20.5. The van der Waals surface area contributed by atoms with Crippen LogP contribution in [0.15, 0.2) is 5.51 Å². The fourth-order valence-corrected chi connectivity index (χ4v) is 5.09. The lowest BCUT2D eigenvalue weighted by molar-refractivity contribution is -0.193. The van der Waals surface area contributed by atoms with Gasteiger partial charge in [0, 0.05) is 56.7 Å². The summed E-state index contributed by atoms with van der Waals surface area (Å²) >= 11 is 1.81. The summed E-state index contributed by atoms with van der Waals surface area (Å²) in [5.41, 5.74) is 3.20. The van der Waals surface area contributed by atoms with Gasteiger partial charge in [0.05, 0.1) is 17.3 Å². The van der Waals surface area contributed by atoms with Crippen molar-refractivity contribution in [2.24, 2.45) is 11.8 Å². The maximum atomic E-state index is 10.6. The fourth-order valence-electron chi connectivity index (χ4n) is 4.28. The van der Waals surface area contributed by atoms with Crippen molar-refractivity contribution in [2.75, 3.05) is 33.3 Å². The summed E-state index contributed by atoms with van der Waals surface area (Å²) < 4.78 is 69.3. The minimum atomic E-state index is -5.08. The van der Waals surface area contributed by atoms with Crippen LogP contribution in [0.3, 0.4) is 0 Å². The van der Waals surface area contributed by atoms with Crippen LogP contribution in [0.2, 0.25) is 0 Å². The fraction of sp³-hybridized carbons (Fsp3) is 0.762. The zero-order valence-electron chi connectivity index (χ0n) is 19.7. The summed E-state index contributed by atoms with van der Waals surface area (Å²) in [6.45, 7) is 8.16. The summed E-state index contributed by atoms with van der Waals surface area (Å²) in [6, 6.07) is 0.666. The number of ether oxygens (including phenoxy) is 1. The van der Waals surface area contributed by atoms with E-state index in [0.717, 1.165) is 19.0 Å². The quantitative estimate of drug-likeness (QED) is 0.537. The number of aliphatic carboxylic acids is 2. The molecule has 206 valence electrons. The van der Waals surface area contributed by atoms with Crippen LogP contribution in [0.25, 0.3) is 0 Å². The Morgan fingerprint density at radius 3 is 2.06 bits per heavy atom. The predicted octanol–water partition coefficient (Wildman–Crippen LogP) is 3.65. The molecule has 3 atom stereocenters. The highest BCUT2D eigenvalue weighted by Gasteiger charge is 2.45. The lowest BCUT2D eigenvalue weighted by atomic mass is 9.89. The molecule has 1 aromatic rings. The number of hydrogen-bond acceptors (Lipinski definition) is 7. The molecular weight excluding hydrogens is 520 g/mol. The molecule has 1 aliphatic carbocycles. The molecule has 8 nitrogen and oxygen atoms in total. The molecule has 36 heavy (non-hydrogen) atoms. The standard InChI is InChI=1S/C17H27N3OS.2C2HF3O2/c1-12-17(22-11-18-12)10-20-6-5-16(21-2)14-8-19(9-15(14)20)7-13-3-4-13;2*3-2(4,5)1(6)7/h11,13-16H,3-10H2,1-2H3;2*(H,6,7)/t14-,15+,16+;;/m0../s1. The maximum absolute atomic E-state index is 10.6. The number of halogens is 6. The van der Waals surface area contributed by atoms with Crippen molar-refractivity contribution in [2.45, 2.75) is 57.2 Å². The molecule has 0 unspecified atom stereocenters. The second-order valence-corrected chi connectivity index (χ2v) is 9.83. The predicted molar refractivity (Wildman–Crippen MR) is 116 cm³/mol. The number of alkyl halides is 6. The highest BCUT2D eigenvalue weighted by molar-refractivity contribution is 7.09. The average molecular weight is 550 g/mol. The van der Waals surface area contributed by atoms with Crippen molar-refractivity contribution in [3.8, 4) is 0 Å². The Hall–Kier alpha value is -1.97. The number of nitrogens with zero attached hydrogens (tertiary/aromatic N) is 3. The van der Waals surface area contributed by atoms with Gasteiger partial charge in [0.1, 0.15) is 0 Å². The first-order chi connectivity index (χ1) is 16.6. The first-order valence-corrected chi connectivity index (χ1v) is 12.0. The van der Waals surface area contributed by atoms with E-state index in [0.29, 0.717) is 18.1 Å². The molecule has 1 saturated carbocycles. The number of piperidine rings is 1. The number of carbonyl (C=O) groups is 2. The molecule has 2 N–H and O–H groups in total. The normalized spacial score (nSPS) is 24.7. The van der Waals surface area contributed by atoms with Crippen molar-refractivity contribution in [1.82, 2.24) is 14.8 Å². The van der Waals surface area contributed by atoms with Gasteiger partial charge in [-0.25, -0.2) is 14.6 Å². The van der Waals surface area contributed by atoms with Gasteiger partial charge < -0.3 is 19.8 Å². The van der Waals surface area contributed by atoms with Gasteiger partial charge in [-0.1, -0.05) is 0 Å². The number of likely N-dealkylation sites (tertiary alicyclic amines) is 2. The number of carboxylic acid groups (broad SMARTS) is 2. The van der Waals surface area contributed by atoms with Crippen molar-refractivity contribution >= 4 is 23.3 Å². The zero-order chi connectivity index (χ0) is 27.3. The second kappa shape index (κ2) is 12.5. The van der Waals surface area contributed by atoms with Crippen LogP contribution in [0.1, 0.15) is 29.8 Å². The van der Waals surface area contributed by atoms with E-state index in [1.807, 2.05) is 24.0 Å². The Kier molecular flexibility index (Phi) is 10.5. The SMILES string of the molecule is CO[C@@H]1CCN(Cc2scnc2C)[C@@H]2CN(CC3CC3)C[C@@H]21.O=C(O)C(F)(F)F.O=C(O)C(F)(F)F. The Morgan fingerprint density at radius 1 is 1.08 bits per heavy atom. The van der Waals surface area contributed by atoms with E-state index in [9.17, 15) is 26.3 Å². The lowest BCUT2D eigenvalue weighted by Gasteiger charge is -2.41. The van der Waals surface area contributed by atoms with Gasteiger partial charge in [0.2, 0.25) is 0 Å². The minimum absolute atomic E-state index is 0.452. The van der Waals surface area contributed by atoms with Gasteiger partial charge in [0.15, 0.2) is 0 Å². The van der Waals surface area contributed by atoms with E-state index < -0.39 is 24.3 Å². The minimum Gasteiger partial charge on any atom is -0.475 e. The third kappa shape index (κ3) is 9.16. The van der Waals surface area contributed by atoms with Gasteiger partial charge in [-0.05, 0) is 32.1 Å². The Bertz CT molecular complexity index is 853. The largest absolute Gasteiger partial charge is 0.490 e. The molecule has 2 saturated heterocycles. The molecule has 3 aliphatic rings. The number of aryl methyl sites for hydroxylation is 1. The smallest absolute Gasteiger partial charge is 0.475 e. The van der Waals surface area contributed by atoms with Crippen LogP contribution >= 0.6 is 11.3 Å². The monoisotopic (exact) mass is 549 g/mol. The molecule has 0 radical (unpaired) electrons. The highest BCUT2D eigenvalue weighted by atomic mass is 32.1. The molecule has 4 rings (SSSR count). The van der Waals surface area contributed by atoms with E-state index in [4.69, 9.17) is 24.5 Å². The van der Waals surface area contributed by atoms with E-state index in [-0.39, 0.29) is 0 Å². The second-order valence-electron chi connectivity index (χ2n) is 8.89. The van der Waals surface area contributed by atoms with Crippen LogP contribution in [-0.2, 0) is 20.9 Å². The van der Waals surface area contributed by atoms with E-state index in [1.54, 1.807) is 0 Å². The van der Waals surface area contributed by atoms with Crippen molar-refractivity contribution < 1.29 is 50.9 Å². The third-order valence-corrected chi connectivity index (χ3v) is 7.17. The molecule has 0 spiro atoms. The Balaban J connectivity index is 0.000000271. The molecular formula is C21H29F6N3O5S. The summed E-state index contributed by atoms with van der Waals surface area (Å²) in [5, 5.41) is 14.2. The van der Waals surface area contributed by atoms with Gasteiger partial charge in [-0.3, -0.25) is 4.90 Å². The molecule has 15 heteroatoms. The van der Waals surface area contributed by atoms with E-state index in [2.05, 4.69) is 21.7 Å². The summed E-state index contributed by atoms with van der Waals surface area (Å²) in [4.78, 5) is 29.1. The maximum Gasteiger partial charge on any atom is 0.490 e. The Labute approximate surface area is 207 Å². The van der Waals surface area contributed by atoms with Crippen LogP contribution < -0.4 is 0 Å². The number of hydrogen-bond donors (Lipinski definition) is 2. The molecule has 0 amide bonds. The summed E-state index contributed by atoms with van der Waals surface area (Å²) in [5.74, 6) is -3.84. The number of thiazole rings is 1. The van der Waals surface area contributed by atoms with Crippen LogP contribution in [0, 0.1) is 18.8 Å². The van der Waals surface area contributed by atoms with Gasteiger partial charge in [-0.15, -0.1) is 11.3 Å². The molecule has 3 fully saturated rings. The van der Waals surface area contributed by atoms with Crippen LogP contribution in [-0.4, -0.2) is 94.7 Å². The van der Waals surface area contributed by atoms with E-state index in [1.165, 1.54) is 49.5 Å². The van der Waals surface area contributed by atoms with Crippen molar-refractivity contribution in [1.29, 1.82) is 0 Å². The number of fused-ring (bicyclic) bond motifs is 1. The third-order valence-electron chi connectivity index (χ3n) is 6.25. The first kappa shape index (κ1) is 30.3. The van der Waals surface area contributed by atoms with Crippen LogP contribution in [0.4, 0.5) is 26.3 Å². The Morgan fingerprint density at radius 2 is 1.64 bits per heavy atom. The van der Waals surface area contributed by atoms with Crippen LogP contribution in [0.5, 0.6) is 0 Å². The topological polar surface area (TPSA) is 103 Å².